The highest BCUT2D eigenvalue weighted by Crippen LogP contribution is 2.33. The second-order valence-electron chi connectivity index (χ2n) is 4.26. The second-order valence-corrected chi connectivity index (χ2v) is 4.26. The lowest BCUT2D eigenvalue weighted by molar-refractivity contribution is 0.335. The van der Waals surface area contributed by atoms with Crippen LogP contribution in [0.1, 0.15) is 24.9 Å². The average Bonchev–Trinajstić information content (AvgIpc) is 2.39. The van der Waals surface area contributed by atoms with Gasteiger partial charge in [0.25, 0.3) is 0 Å². The molecule has 2 aromatic rings. The van der Waals surface area contributed by atoms with Crippen LogP contribution in [0, 0.1) is 0 Å². The topological polar surface area (TPSA) is 35.2 Å². The van der Waals surface area contributed by atoms with E-state index in [-0.39, 0.29) is 18.4 Å². The van der Waals surface area contributed by atoms with E-state index >= 15 is 0 Å². The molecule has 2 nitrogen and oxygen atoms in total. The molecule has 0 saturated heterocycles. The van der Waals surface area contributed by atoms with E-state index in [4.69, 9.17) is 10.5 Å². The molecule has 2 aromatic carbocycles. The van der Waals surface area contributed by atoms with Crippen LogP contribution in [0.15, 0.2) is 49.1 Å². The Hall–Kier alpha value is -1.51. The lowest BCUT2D eigenvalue weighted by atomic mass is 9.96. The molecule has 102 valence electrons. The molecule has 1 atom stereocenters. The molecule has 0 bridgehead atoms. The second kappa shape index (κ2) is 7.17. The maximum atomic E-state index is 6.25. The number of fused-ring (bicyclic) bond motifs is 1. The van der Waals surface area contributed by atoms with Crippen molar-refractivity contribution in [1.82, 2.24) is 0 Å². The standard InChI is InChI=1S/C16H19NO.ClH/c1-3-7-14(17)16-13-9-6-5-8-12(13)10-11-15(16)18-4-2;/h3,5-6,8-11,14H,1,4,7,17H2,2H3;1H/t14-;/m1./s1. The largest absolute Gasteiger partial charge is 0.494 e. The Morgan fingerprint density at radius 3 is 2.68 bits per heavy atom. The van der Waals surface area contributed by atoms with E-state index in [9.17, 15) is 0 Å². The van der Waals surface area contributed by atoms with Gasteiger partial charge in [0.2, 0.25) is 0 Å². The van der Waals surface area contributed by atoms with Crippen LogP contribution >= 0.6 is 12.4 Å². The summed E-state index contributed by atoms with van der Waals surface area (Å²) in [4.78, 5) is 0. The van der Waals surface area contributed by atoms with Crippen LogP contribution in [0.5, 0.6) is 5.75 Å². The van der Waals surface area contributed by atoms with Gasteiger partial charge in [-0.1, -0.05) is 36.4 Å². The van der Waals surface area contributed by atoms with Gasteiger partial charge in [0.15, 0.2) is 0 Å². The van der Waals surface area contributed by atoms with Crippen LogP contribution < -0.4 is 10.5 Å². The summed E-state index contributed by atoms with van der Waals surface area (Å²) in [6, 6.07) is 12.3. The molecule has 0 heterocycles. The van der Waals surface area contributed by atoms with Crippen LogP contribution in [0.2, 0.25) is 0 Å². The molecule has 2 N–H and O–H groups in total. The fourth-order valence-electron chi connectivity index (χ4n) is 2.24. The van der Waals surface area contributed by atoms with Crippen LogP contribution in [0.4, 0.5) is 0 Å². The third-order valence-electron chi connectivity index (χ3n) is 3.02. The minimum atomic E-state index is -0.0739. The van der Waals surface area contributed by atoms with Gasteiger partial charge in [0.1, 0.15) is 5.75 Å². The number of hydrogen-bond acceptors (Lipinski definition) is 2. The molecule has 0 aromatic heterocycles. The quantitative estimate of drug-likeness (QED) is 0.830. The van der Waals surface area contributed by atoms with Crippen molar-refractivity contribution in [1.29, 1.82) is 0 Å². The first-order valence-corrected chi connectivity index (χ1v) is 6.28. The van der Waals surface area contributed by atoms with Gasteiger partial charge in [-0.05, 0) is 30.2 Å². The van der Waals surface area contributed by atoms with E-state index in [0.717, 1.165) is 23.1 Å². The lowest BCUT2D eigenvalue weighted by Gasteiger charge is -2.18. The first kappa shape index (κ1) is 15.5. The molecule has 3 heteroatoms. The smallest absolute Gasteiger partial charge is 0.124 e. The van der Waals surface area contributed by atoms with Gasteiger partial charge in [-0.2, -0.15) is 0 Å². The average molecular weight is 278 g/mol. The van der Waals surface area contributed by atoms with Gasteiger partial charge >= 0.3 is 0 Å². The molecular formula is C16H20ClNO. The van der Waals surface area contributed by atoms with Crippen molar-refractivity contribution in [3.05, 3.63) is 54.6 Å². The maximum Gasteiger partial charge on any atom is 0.124 e. The minimum absolute atomic E-state index is 0. The van der Waals surface area contributed by atoms with Crippen molar-refractivity contribution >= 4 is 23.2 Å². The molecule has 0 spiro atoms. The van der Waals surface area contributed by atoms with Crippen LogP contribution in [-0.4, -0.2) is 6.61 Å². The van der Waals surface area contributed by atoms with Gasteiger partial charge < -0.3 is 10.5 Å². The maximum absolute atomic E-state index is 6.25. The van der Waals surface area contributed by atoms with E-state index in [1.165, 1.54) is 5.39 Å². The molecule has 0 amide bonds. The van der Waals surface area contributed by atoms with E-state index in [2.05, 4.69) is 24.8 Å². The Labute approximate surface area is 120 Å². The number of rotatable bonds is 5. The number of nitrogens with two attached hydrogens (primary N) is 1. The SMILES string of the molecule is C=CC[C@@H](N)c1c(OCC)ccc2ccccc12.Cl. The first-order valence-electron chi connectivity index (χ1n) is 6.28. The Kier molecular flexibility index (Phi) is 5.87. The Balaban J connectivity index is 0.00000180. The molecule has 0 aliphatic heterocycles. The van der Waals surface area contributed by atoms with Gasteiger partial charge in [0.05, 0.1) is 6.61 Å². The molecule has 0 unspecified atom stereocenters. The normalized spacial score (nSPS) is 11.7. The van der Waals surface area contributed by atoms with Crippen molar-refractivity contribution in [3.8, 4) is 5.75 Å². The Morgan fingerprint density at radius 2 is 2.00 bits per heavy atom. The molecule has 0 saturated carbocycles. The van der Waals surface area contributed by atoms with Crippen LogP contribution in [0.3, 0.4) is 0 Å². The van der Waals surface area contributed by atoms with Gasteiger partial charge in [-0.25, -0.2) is 0 Å². The predicted molar refractivity (Wildman–Crippen MR) is 84.1 cm³/mol. The highest BCUT2D eigenvalue weighted by Gasteiger charge is 2.14. The fraction of sp³-hybridized carbons (Fsp3) is 0.250. The molecule has 0 aliphatic rings. The third-order valence-corrected chi connectivity index (χ3v) is 3.02. The minimum Gasteiger partial charge on any atom is -0.494 e. The van der Waals surface area contributed by atoms with Crippen molar-refractivity contribution in [2.75, 3.05) is 6.61 Å². The number of halogens is 1. The summed E-state index contributed by atoms with van der Waals surface area (Å²) in [5.74, 6) is 0.880. The van der Waals surface area contributed by atoms with Crippen LogP contribution in [0.25, 0.3) is 10.8 Å². The van der Waals surface area contributed by atoms with Gasteiger partial charge in [-0.3, -0.25) is 0 Å². The summed E-state index contributed by atoms with van der Waals surface area (Å²) in [7, 11) is 0. The van der Waals surface area contributed by atoms with Crippen LogP contribution in [-0.2, 0) is 0 Å². The summed E-state index contributed by atoms with van der Waals surface area (Å²) in [6.07, 6.45) is 2.59. The van der Waals surface area contributed by atoms with E-state index < -0.39 is 0 Å². The molecule has 2 rings (SSSR count). The molecular weight excluding hydrogens is 258 g/mol. The van der Waals surface area contributed by atoms with E-state index in [1.54, 1.807) is 0 Å². The third kappa shape index (κ3) is 3.28. The first-order chi connectivity index (χ1) is 8.77. The Morgan fingerprint density at radius 1 is 1.26 bits per heavy atom. The lowest BCUT2D eigenvalue weighted by Crippen LogP contribution is -2.12. The molecule has 0 radical (unpaired) electrons. The zero-order valence-corrected chi connectivity index (χ0v) is 12.0. The summed E-state index contributed by atoms with van der Waals surface area (Å²) in [6.45, 7) is 6.39. The summed E-state index contributed by atoms with van der Waals surface area (Å²) in [5, 5.41) is 2.35. The van der Waals surface area contributed by atoms with E-state index in [1.807, 2.05) is 31.2 Å². The zero-order valence-electron chi connectivity index (χ0n) is 11.1. The van der Waals surface area contributed by atoms with Crippen molar-refractivity contribution in [3.63, 3.8) is 0 Å². The van der Waals surface area contributed by atoms with Crippen molar-refractivity contribution in [2.45, 2.75) is 19.4 Å². The summed E-state index contributed by atoms with van der Waals surface area (Å²) >= 11 is 0. The predicted octanol–water partition coefficient (Wildman–Crippen LogP) is 4.24. The Bertz CT molecular complexity index is 553. The number of ether oxygens (including phenoxy) is 1. The van der Waals surface area contributed by atoms with Gasteiger partial charge in [-0.15, -0.1) is 19.0 Å². The summed E-state index contributed by atoms with van der Waals surface area (Å²) in [5.41, 5.74) is 7.33. The fourth-order valence-corrected chi connectivity index (χ4v) is 2.24. The molecule has 0 aliphatic carbocycles. The number of hydrogen-bond donors (Lipinski definition) is 1. The highest BCUT2D eigenvalue weighted by molar-refractivity contribution is 5.88. The van der Waals surface area contributed by atoms with Gasteiger partial charge in [0, 0.05) is 11.6 Å². The molecule has 0 fully saturated rings. The van der Waals surface area contributed by atoms with Crippen molar-refractivity contribution < 1.29 is 4.74 Å². The molecule has 19 heavy (non-hydrogen) atoms. The summed E-state index contributed by atoms with van der Waals surface area (Å²) < 4.78 is 5.70. The highest BCUT2D eigenvalue weighted by atomic mass is 35.5. The monoisotopic (exact) mass is 277 g/mol. The van der Waals surface area contributed by atoms with E-state index in [0.29, 0.717) is 6.61 Å². The number of benzene rings is 2. The zero-order chi connectivity index (χ0) is 13.0. The van der Waals surface area contributed by atoms with Crippen molar-refractivity contribution in [2.24, 2.45) is 5.73 Å².